The van der Waals surface area contributed by atoms with Crippen molar-refractivity contribution < 1.29 is 0 Å². The minimum Gasteiger partial charge on any atom is -0.328 e. The molecule has 1 heteroatoms. The van der Waals surface area contributed by atoms with E-state index in [-0.39, 0.29) is 0 Å². The maximum Gasteiger partial charge on any atom is 0.00388 e. The number of hydrogen-bond donors (Lipinski definition) is 1. The molecular formula is C30H59N. The van der Waals surface area contributed by atoms with E-state index >= 15 is 0 Å². The van der Waals surface area contributed by atoms with Gasteiger partial charge in [0.1, 0.15) is 0 Å². The molecule has 0 aliphatic carbocycles. The Balaban J connectivity index is 3.20. The minimum absolute atomic E-state index is 0.460. The van der Waals surface area contributed by atoms with Gasteiger partial charge in [-0.25, -0.2) is 0 Å². The third-order valence-electron chi connectivity index (χ3n) is 6.45. The van der Waals surface area contributed by atoms with Crippen LogP contribution in [-0.4, -0.2) is 6.04 Å². The van der Waals surface area contributed by atoms with Crippen molar-refractivity contribution in [3.05, 3.63) is 24.3 Å². The summed E-state index contributed by atoms with van der Waals surface area (Å²) in [7, 11) is 0. The monoisotopic (exact) mass is 433 g/mol. The summed E-state index contributed by atoms with van der Waals surface area (Å²) in [6.45, 7) is 4.55. The van der Waals surface area contributed by atoms with E-state index in [0.29, 0.717) is 6.04 Å². The van der Waals surface area contributed by atoms with Crippen LogP contribution in [0.15, 0.2) is 24.3 Å². The second-order valence-electron chi connectivity index (χ2n) is 9.75. The van der Waals surface area contributed by atoms with Gasteiger partial charge in [0.25, 0.3) is 0 Å². The highest BCUT2D eigenvalue weighted by Crippen LogP contribution is 2.14. The molecule has 1 unspecified atom stereocenters. The molecular weight excluding hydrogens is 374 g/mol. The predicted octanol–water partition coefficient (Wildman–Crippen LogP) is 10.4. The van der Waals surface area contributed by atoms with E-state index in [9.17, 15) is 0 Å². The molecule has 0 heterocycles. The van der Waals surface area contributed by atoms with E-state index in [1.165, 1.54) is 141 Å². The molecule has 2 N–H and O–H groups in total. The van der Waals surface area contributed by atoms with Crippen LogP contribution < -0.4 is 5.73 Å². The minimum atomic E-state index is 0.460. The number of unbranched alkanes of at least 4 members (excludes halogenated alkanes) is 17. The summed E-state index contributed by atoms with van der Waals surface area (Å²) in [4.78, 5) is 0. The van der Waals surface area contributed by atoms with Crippen molar-refractivity contribution in [1.29, 1.82) is 0 Å². The zero-order chi connectivity index (χ0) is 22.7. The van der Waals surface area contributed by atoms with Crippen molar-refractivity contribution in [2.45, 2.75) is 168 Å². The Morgan fingerprint density at radius 2 is 0.806 bits per heavy atom. The second-order valence-corrected chi connectivity index (χ2v) is 9.75. The lowest BCUT2D eigenvalue weighted by molar-refractivity contribution is 0.481. The van der Waals surface area contributed by atoms with Gasteiger partial charge < -0.3 is 5.73 Å². The summed E-state index contributed by atoms with van der Waals surface area (Å²) in [6.07, 6.45) is 40.5. The molecule has 0 fully saturated rings. The maximum absolute atomic E-state index is 6.28. The molecule has 0 radical (unpaired) electrons. The van der Waals surface area contributed by atoms with Crippen LogP contribution in [-0.2, 0) is 0 Å². The first-order chi connectivity index (χ1) is 15.3. The van der Waals surface area contributed by atoms with E-state index < -0.39 is 0 Å². The van der Waals surface area contributed by atoms with Gasteiger partial charge in [-0.3, -0.25) is 0 Å². The van der Waals surface area contributed by atoms with Gasteiger partial charge in [0.2, 0.25) is 0 Å². The summed E-state index contributed by atoms with van der Waals surface area (Å²) < 4.78 is 0. The van der Waals surface area contributed by atoms with E-state index in [1.807, 2.05) is 0 Å². The van der Waals surface area contributed by atoms with Crippen LogP contribution in [0.3, 0.4) is 0 Å². The van der Waals surface area contributed by atoms with Crippen molar-refractivity contribution in [2.75, 3.05) is 0 Å². The highest BCUT2D eigenvalue weighted by atomic mass is 14.6. The number of rotatable bonds is 25. The van der Waals surface area contributed by atoms with Crippen molar-refractivity contribution >= 4 is 0 Å². The van der Waals surface area contributed by atoms with Crippen molar-refractivity contribution in [2.24, 2.45) is 5.73 Å². The normalized spacial score (nSPS) is 13.0. The van der Waals surface area contributed by atoms with Crippen LogP contribution >= 0.6 is 0 Å². The maximum atomic E-state index is 6.28. The van der Waals surface area contributed by atoms with Crippen molar-refractivity contribution in [3.8, 4) is 0 Å². The summed E-state index contributed by atoms with van der Waals surface area (Å²) in [5.41, 5.74) is 6.28. The van der Waals surface area contributed by atoms with E-state index in [0.717, 1.165) is 6.42 Å². The number of allylic oxidation sites excluding steroid dienone is 4. The Hall–Kier alpha value is -0.560. The van der Waals surface area contributed by atoms with Crippen LogP contribution in [0.2, 0.25) is 0 Å². The molecule has 0 aromatic heterocycles. The molecule has 0 saturated carbocycles. The zero-order valence-electron chi connectivity index (χ0n) is 21.7. The average Bonchev–Trinajstić information content (AvgIpc) is 2.77. The van der Waals surface area contributed by atoms with Gasteiger partial charge in [-0.15, -0.1) is 0 Å². The zero-order valence-corrected chi connectivity index (χ0v) is 21.7. The van der Waals surface area contributed by atoms with Crippen LogP contribution in [0.1, 0.15) is 162 Å². The van der Waals surface area contributed by atoms with Crippen LogP contribution in [0.5, 0.6) is 0 Å². The first kappa shape index (κ1) is 30.4. The third kappa shape index (κ3) is 27.4. The summed E-state index contributed by atoms with van der Waals surface area (Å²) >= 11 is 0. The van der Waals surface area contributed by atoms with Crippen LogP contribution in [0.4, 0.5) is 0 Å². The summed E-state index contributed by atoms with van der Waals surface area (Å²) in [6, 6.07) is 0.460. The first-order valence-corrected chi connectivity index (χ1v) is 14.4. The molecule has 31 heavy (non-hydrogen) atoms. The smallest absolute Gasteiger partial charge is 0.00388 e. The predicted molar refractivity (Wildman–Crippen MR) is 144 cm³/mol. The summed E-state index contributed by atoms with van der Waals surface area (Å²) in [5.74, 6) is 0. The average molecular weight is 434 g/mol. The van der Waals surface area contributed by atoms with Gasteiger partial charge in [-0.1, -0.05) is 141 Å². The fraction of sp³-hybridized carbons (Fsp3) is 0.867. The lowest BCUT2D eigenvalue weighted by Gasteiger charge is -2.11. The molecule has 0 saturated heterocycles. The van der Waals surface area contributed by atoms with E-state index in [2.05, 4.69) is 38.2 Å². The second kappa shape index (κ2) is 27.5. The molecule has 0 rings (SSSR count). The molecule has 1 nitrogen and oxygen atoms in total. The molecule has 184 valence electrons. The SMILES string of the molecule is CCCCCC=CCC=CCCCCCCCCCCCC(N)CCCCCCCC. The van der Waals surface area contributed by atoms with E-state index in [4.69, 9.17) is 5.73 Å². The van der Waals surface area contributed by atoms with E-state index in [1.54, 1.807) is 0 Å². The first-order valence-electron chi connectivity index (χ1n) is 14.4. The van der Waals surface area contributed by atoms with Crippen molar-refractivity contribution in [1.82, 2.24) is 0 Å². The van der Waals surface area contributed by atoms with Crippen LogP contribution in [0.25, 0.3) is 0 Å². The van der Waals surface area contributed by atoms with Gasteiger partial charge in [-0.05, 0) is 44.9 Å². The fourth-order valence-corrected chi connectivity index (χ4v) is 4.26. The fourth-order valence-electron chi connectivity index (χ4n) is 4.26. The standard InChI is InChI=1S/C30H59N/c1-3-5-7-9-11-12-13-14-15-16-17-18-19-20-21-22-23-25-27-29-30(31)28-26-24-10-8-6-4-2/h11-12,14-15,30H,3-10,13,16-29,31H2,1-2H3. The lowest BCUT2D eigenvalue weighted by atomic mass is 10.0. The number of nitrogens with two attached hydrogens (primary N) is 1. The van der Waals surface area contributed by atoms with Crippen molar-refractivity contribution in [3.63, 3.8) is 0 Å². The van der Waals surface area contributed by atoms with Gasteiger partial charge in [0, 0.05) is 6.04 Å². The van der Waals surface area contributed by atoms with Gasteiger partial charge in [0.15, 0.2) is 0 Å². The molecule has 0 aromatic carbocycles. The molecule has 0 spiro atoms. The highest BCUT2D eigenvalue weighted by molar-refractivity contribution is 4.92. The topological polar surface area (TPSA) is 26.0 Å². The largest absolute Gasteiger partial charge is 0.328 e. The van der Waals surface area contributed by atoms with Gasteiger partial charge >= 0.3 is 0 Å². The Morgan fingerprint density at radius 3 is 1.29 bits per heavy atom. The lowest BCUT2D eigenvalue weighted by Crippen LogP contribution is -2.19. The molecule has 0 aliphatic rings. The molecule has 0 bridgehead atoms. The molecule has 0 amide bonds. The highest BCUT2D eigenvalue weighted by Gasteiger charge is 2.02. The molecule has 1 atom stereocenters. The van der Waals surface area contributed by atoms with Gasteiger partial charge in [-0.2, -0.15) is 0 Å². The Morgan fingerprint density at radius 1 is 0.452 bits per heavy atom. The quantitative estimate of drug-likeness (QED) is 0.112. The Labute approximate surface area is 197 Å². The molecule has 0 aromatic rings. The molecule has 0 aliphatic heterocycles. The van der Waals surface area contributed by atoms with Crippen LogP contribution in [0, 0.1) is 0 Å². The third-order valence-corrected chi connectivity index (χ3v) is 6.45. The van der Waals surface area contributed by atoms with Gasteiger partial charge in [0.05, 0.1) is 0 Å². The number of hydrogen-bond acceptors (Lipinski definition) is 1. The Bertz CT molecular complexity index is 371. The Kier molecular flexibility index (Phi) is 27.0. The summed E-state index contributed by atoms with van der Waals surface area (Å²) in [5, 5.41) is 0.